The third kappa shape index (κ3) is 5.14. The van der Waals surface area contributed by atoms with Gasteiger partial charge < -0.3 is 25.4 Å². The van der Waals surface area contributed by atoms with Gasteiger partial charge in [0.2, 0.25) is 0 Å². The van der Waals surface area contributed by atoms with Gasteiger partial charge in [-0.1, -0.05) is 0 Å². The molecule has 24 heavy (non-hydrogen) atoms. The van der Waals surface area contributed by atoms with Gasteiger partial charge in [0.1, 0.15) is 0 Å². The standard InChI is InChI=1S/C17H26N4O2.HI/c1-21(2)14(12-4-5-12)11-19-17(18)20-13-6-7-15-16(10-13)23-9-3-8-22-15;/h6-7,10,12,14H,3-5,8-9,11H2,1-2H3,(H3,18,19,20);1H. The molecule has 1 aliphatic carbocycles. The summed E-state index contributed by atoms with van der Waals surface area (Å²) in [6.07, 6.45) is 3.50. The zero-order valence-corrected chi connectivity index (χ0v) is 16.7. The highest BCUT2D eigenvalue weighted by molar-refractivity contribution is 14.0. The summed E-state index contributed by atoms with van der Waals surface area (Å²) in [6, 6.07) is 6.22. The highest BCUT2D eigenvalue weighted by atomic mass is 127. The Morgan fingerprint density at radius 1 is 1.29 bits per heavy atom. The molecule has 1 fully saturated rings. The number of benzene rings is 1. The van der Waals surface area contributed by atoms with Gasteiger partial charge in [0.25, 0.3) is 0 Å². The lowest BCUT2D eigenvalue weighted by Gasteiger charge is -2.22. The van der Waals surface area contributed by atoms with Gasteiger partial charge in [-0.05, 0) is 45.0 Å². The van der Waals surface area contributed by atoms with Gasteiger partial charge in [-0.2, -0.15) is 0 Å². The van der Waals surface area contributed by atoms with Crippen molar-refractivity contribution < 1.29 is 9.47 Å². The van der Waals surface area contributed by atoms with Crippen molar-refractivity contribution >= 4 is 35.6 Å². The van der Waals surface area contributed by atoms with Gasteiger partial charge >= 0.3 is 0 Å². The highest BCUT2D eigenvalue weighted by Crippen LogP contribution is 2.35. The summed E-state index contributed by atoms with van der Waals surface area (Å²) in [5, 5.41) is 3.14. The number of ether oxygens (including phenoxy) is 2. The molecule has 0 saturated heterocycles. The molecule has 1 atom stereocenters. The van der Waals surface area contributed by atoms with E-state index in [0.717, 1.165) is 36.1 Å². The van der Waals surface area contributed by atoms with E-state index in [-0.39, 0.29) is 24.0 Å². The highest BCUT2D eigenvalue weighted by Gasteiger charge is 2.32. The fraction of sp³-hybridized carbons (Fsp3) is 0.588. The predicted octanol–water partition coefficient (Wildman–Crippen LogP) is 2.53. The van der Waals surface area contributed by atoms with Crippen molar-refractivity contribution in [2.24, 2.45) is 16.6 Å². The van der Waals surface area contributed by atoms with E-state index in [1.54, 1.807) is 0 Å². The van der Waals surface area contributed by atoms with E-state index in [2.05, 4.69) is 29.3 Å². The Morgan fingerprint density at radius 3 is 2.67 bits per heavy atom. The molecule has 1 saturated carbocycles. The summed E-state index contributed by atoms with van der Waals surface area (Å²) in [5.74, 6) is 2.74. The van der Waals surface area contributed by atoms with Crippen LogP contribution in [0.3, 0.4) is 0 Å². The molecule has 1 aromatic rings. The summed E-state index contributed by atoms with van der Waals surface area (Å²) in [4.78, 5) is 6.74. The largest absolute Gasteiger partial charge is 0.490 e. The molecule has 1 aromatic carbocycles. The van der Waals surface area contributed by atoms with Crippen molar-refractivity contribution in [2.75, 3.05) is 39.2 Å². The fourth-order valence-electron chi connectivity index (χ4n) is 2.84. The molecule has 0 aromatic heterocycles. The first-order valence-electron chi connectivity index (χ1n) is 8.26. The van der Waals surface area contributed by atoms with Crippen LogP contribution in [0.2, 0.25) is 0 Å². The first-order valence-corrected chi connectivity index (χ1v) is 8.26. The Morgan fingerprint density at radius 2 is 2.00 bits per heavy atom. The Hall–Kier alpha value is -1.22. The molecule has 3 rings (SSSR count). The van der Waals surface area contributed by atoms with Crippen molar-refractivity contribution in [3.63, 3.8) is 0 Å². The van der Waals surface area contributed by atoms with Crippen LogP contribution >= 0.6 is 24.0 Å². The Labute approximate surface area is 160 Å². The number of guanidine groups is 1. The third-order valence-corrected chi connectivity index (χ3v) is 4.30. The molecular formula is C17H27IN4O2. The van der Waals surface area contributed by atoms with Crippen molar-refractivity contribution in [2.45, 2.75) is 25.3 Å². The maximum Gasteiger partial charge on any atom is 0.193 e. The summed E-state index contributed by atoms with van der Waals surface area (Å²) >= 11 is 0. The maximum absolute atomic E-state index is 6.03. The summed E-state index contributed by atoms with van der Waals surface area (Å²) in [6.45, 7) is 2.09. The number of hydrogen-bond donors (Lipinski definition) is 2. The van der Waals surface area contributed by atoms with E-state index < -0.39 is 0 Å². The Balaban J connectivity index is 0.00000208. The minimum absolute atomic E-state index is 0. The average molecular weight is 446 g/mol. The SMILES string of the molecule is CN(C)C(CN=C(N)Nc1ccc2c(c1)OCCCO2)C1CC1.I. The van der Waals surface area contributed by atoms with Crippen LogP contribution in [0.4, 0.5) is 5.69 Å². The van der Waals surface area contributed by atoms with Crippen LogP contribution in [0.5, 0.6) is 11.5 Å². The number of anilines is 1. The number of nitrogens with one attached hydrogen (secondary N) is 1. The number of rotatable bonds is 5. The molecule has 0 amide bonds. The molecular weight excluding hydrogens is 419 g/mol. The van der Waals surface area contributed by atoms with E-state index in [0.29, 0.717) is 25.2 Å². The zero-order chi connectivity index (χ0) is 16.2. The molecule has 1 heterocycles. The molecule has 0 radical (unpaired) electrons. The van der Waals surface area contributed by atoms with Crippen LogP contribution in [0, 0.1) is 5.92 Å². The van der Waals surface area contributed by atoms with Crippen LogP contribution in [0.15, 0.2) is 23.2 Å². The van der Waals surface area contributed by atoms with Crippen molar-refractivity contribution in [1.29, 1.82) is 0 Å². The third-order valence-electron chi connectivity index (χ3n) is 4.30. The molecule has 1 unspecified atom stereocenters. The second-order valence-electron chi connectivity index (χ2n) is 6.43. The lowest BCUT2D eigenvalue weighted by Crippen LogP contribution is -2.34. The van der Waals surface area contributed by atoms with Crippen LogP contribution in [0.1, 0.15) is 19.3 Å². The van der Waals surface area contributed by atoms with Gasteiger partial charge in [-0.25, -0.2) is 0 Å². The molecule has 6 nitrogen and oxygen atoms in total. The van der Waals surface area contributed by atoms with Gasteiger partial charge in [0.05, 0.1) is 19.8 Å². The molecule has 1 aliphatic heterocycles. The molecule has 0 spiro atoms. The summed E-state index contributed by atoms with van der Waals surface area (Å²) < 4.78 is 11.3. The normalized spacial score (nSPS) is 18.5. The maximum atomic E-state index is 6.03. The number of likely N-dealkylation sites (N-methyl/N-ethyl adjacent to an activating group) is 1. The molecule has 134 valence electrons. The molecule has 2 aliphatic rings. The number of nitrogens with zero attached hydrogens (tertiary/aromatic N) is 2. The quantitative estimate of drug-likeness (QED) is 0.413. The minimum Gasteiger partial charge on any atom is -0.490 e. The van der Waals surface area contributed by atoms with Gasteiger partial charge in [-0.15, -0.1) is 24.0 Å². The summed E-state index contributed by atoms with van der Waals surface area (Å²) in [7, 11) is 4.21. The van der Waals surface area contributed by atoms with E-state index in [9.17, 15) is 0 Å². The van der Waals surface area contributed by atoms with Crippen LogP contribution in [-0.4, -0.2) is 50.8 Å². The predicted molar refractivity (Wildman–Crippen MR) is 108 cm³/mol. The molecule has 3 N–H and O–H groups in total. The smallest absolute Gasteiger partial charge is 0.193 e. The van der Waals surface area contributed by atoms with Gasteiger partial charge in [0, 0.05) is 24.2 Å². The van der Waals surface area contributed by atoms with E-state index in [1.165, 1.54) is 12.8 Å². The van der Waals surface area contributed by atoms with E-state index >= 15 is 0 Å². The first kappa shape index (κ1) is 19.1. The lowest BCUT2D eigenvalue weighted by molar-refractivity contribution is 0.271. The van der Waals surface area contributed by atoms with Crippen molar-refractivity contribution in [3.05, 3.63) is 18.2 Å². The van der Waals surface area contributed by atoms with Crippen LogP contribution < -0.4 is 20.5 Å². The monoisotopic (exact) mass is 446 g/mol. The van der Waals surface area contributed by atoms with Crippen molar-refractivity contribution in [1.82, 2.24) is 4.90 Å². The van der Waals surface area contributed by atoms with Crippen LogP contribution in [0.25, 0.3) is 0 Å². The summed E-state index contributed by atoms with van der Waals surface area (Å²) in [5.41, 5.74) is 6.89. The topological polar surface area (TPSA) is 72.1 Å². The van der Waals surface area contributed by atoms with Crippen LogP contribution in [-0.2, 0) is 0 Å². The van der Waals surface area contributed by atoms with Gasteiger partial charge in [0.15, 0.2) is 17.5 Å². The average Bonchev–Trinajstić information content (AvgIpc) is 3.33. The Bertz CT molecular complexity index is 574. The Kier molecular flexibility index (Phi) is 6.97. The molecule has 0 bridgehead atoms. The number of halogens is 1. The second kappa shape index (κ2) is 8.75. The lowest BCUT2D eigenvalue weighted by atomic mass is 10.2. The molecule has 7 heteroatoms. The number of fused-ring (bicyclic) bond motifs is 1. The minimum atomic E-state index is 0. The van der Waals surface area contributed by atoms with Crippen molar-refractivity contribution in [3.8, 4) is 11.5 Å². The number of hydrogen-bond acceptors (Lipinski definition) is 4. The second-order valence-corrected chi connectivity index (χ2v) is 6.43. The van der Waals surface area contributed by atoms with Gasteiger partial charge in [-0.3, -0.25) is 4.99 Å². The number of aliphatic imine (C=N–C) groups is 1. The van der Waals surface area contributed by atoms with E-state index in [1.807, 2.05) is 18.2 Å². The van der Waals surface area contributed by atoms with E-state index in [4.69, 9.17) is 15.2 Å². The fourth-order valence-corrected chi connectivity index (χ4v) is 2.84. The number of nitrogens with two attached hydrogens (primary N) is 1. The first-order chi connectivity index (χ1) is 11.1. The zero-order valence-electron chi connectivity index (χ0n) is 14.3.